The standard InChI is InChI=1S/C15H9BrN2Se3.C14H8N2Se3.C6H2Br2N2Se.C5H6Se.BHNS/c1-8-2-5-11(19-8)9-3-4-10(12-6-7-13(16)20-12)15-14(9)17-21-18-15;1-3-11(17-7-1)9-5-6-10(12-4-2-8-18-12)14-13(9)15-19-16-14;7-3-1-2-4(8)6-5(3)9-11-10-6;1-5-3-2-4-6-5;1-2-3/h2-7H,1H3;1-8H;1-2H;2-4H,1H3;3H. The van der Waals surface area contributed by atoms with Crippen molar-refractivity contribution in [3.05, 3.63) is 133 Å². The number of fused-ring (bicyclic) bond motifs is 3. The molecule has 0 bridgehead atoms. The van der Waals surface area contributed by atoms with Gasteiger partial charge in [0.1, 0.15) is 0 Å². The van der Waals surface area contributed by atoms with Gasteiger partial charge in [0.2, 0.25) is 0 Å². The molecule has 299 valence electrons. The number of aryl methyl sites for hydroxylation is 2. The average Bonchev–Trinajstić information content (AvgIpc) is 4.09. The molecule has 0 spiro atoms. The summed E-state index contributed by atoms with van der Waals surface area (Å²) < 4.78 is 42.1. The number of benzene rings is 3. The van der Waals surface area contributed by atoms with Gasteiger partial charge in [-0.1, -0.05) is 0 Å². The molecule has 8 heterocycles. The van der Waals surface area contributed by atoms with Crippen molar-refractivity contribution >= 4 is 219 Å². The van der Waals surface area contributed by atoms with Crippen LogP contribution in [0.3, 0.4) is 0 Å². The minimum atomic E-state index is 0.0125. The number of rotatable bonds is 4. The number of halogens is 3. The summed E-state index contributed by atoms with van der Waals surface area (Å²) in [6, 6.07) is 34.8. The molecular formula is C40H26BBr3N7SSe8. The summed E-state index contributed by atoms with van der Waals surface area (Å²) in [5.74, 6) is 0. The third-order valence-corrected chi connectivity index (χ3v) is 23.5. The van der Waals surface area contributed by atoms with Crippen molar-refractivity contribution in [3.8, 4) is 40.0 Å². The van der Waals surface area contributed by atoms with E-state index < -0.39 is 0 Å². The third-order valence-electron chi connectivity index (χ3n) is 8.23. The molecule has 0 amide bonds. The number of aromatic nitrogens is 6. The van der Waals surface area contributed by atoms with Crippen LogP contribution >= 0.6 is 60.6 Å². The molecular weight excluding hydrogens is 1490 g/mol. The monoisotopic (exact) mass is 1520 g/mol. The fourth-order valence-corrected chi connectivity index (χ4v) is 19.3. The van der Waals surface area contributed by atoms with Crippen molar-refractivity contribution in [1.82, 2.24) is 23.9 Å². The molecule has 0 aliphatic rings. The summed E-state index contributed by atoms with van der Waals surface area (Å²) in [6.07, 6.45) is 0. The summed E-state index contributed by atoms with van der Waals surface area (Å²) in [7, 11) is 4.34. The van der Waals surface area contributed by atoms with Crippen LogP contribution in [0.25, 0.3) is 73.1 Å². The number of hydrogen-bond acceptors (Lipinski definition) is 8. The maximum atomic E-state index is 4.71. The van der Waals surface area contributed by atoms with E-state index in [4.69, 9.17) is 7.96 Å². The fraction of sp³-hybridized carbons (Fsp3) is 0.0500. The van der Waals surface area contributed by atoms with Crippen LogP contribution < -0.4 is 0 Å². The normalized spacial score (nSPS) is 10.6. The Morgan fingerprint density at radius 1 is 0.450 bits per heavy atom. The molecule has 20 heteroatoms. The van der Waals surface area contributed by atoms with E-state index in [2.05, 4.69) is 202 Å². The molecule has 11 rings (SSSR count). The van der Waals surface area contributed by atoms with Gasteiger partial charge in [-0.3, -0.25) is 0 Å². The van der Waals surface area contributed by atoms with Crippen LogP contribution in [-0.4, -0.2) is 149 Å². The van der Waals surface area contributed by atoms with Crippen LogP contribution in [0.5, 0.6) is 0 Å². The van der Waals surface area contributed by atoms with Crippen LogP contribution in [0.4, 0.5) is 0 Å². The second kappa shape index (κ2) is 23.7. The Bertz CT molecular complexity index is 2890. The first kappa shape index (κ1) is 47.6. The quantitative estimate of drug-likeness (QED) is 0.140. The van der Waals surface area contributed by atoms with Crippen molar-refractivity contribution in [1.29, 1.82) is 0 Å². The molecule has 60 heavy (non-hydrogen) atoms. The molecule has 0 unspecified atom stereocenters. The average molecular weight is 1520 g/mol. The molecule has 0 aliphatic carbocycles. The van der Waals surface area contributed by atoms with Crippen LogP contribution in [-0.2, 0) is 0 Å². The van der Waals surface area contributed by atoms with Gasteiger partial charge in [-0.25, -0.2) is 0 Å². The van der Waals surface area contributed by atoms with E-state index in [-0.39, 0.29) is 44.9 Å². The molecule has 7 nitrogen and oxygen atoms in total. The van der Waals surface area contributed by atoms with Crippen molar-refractivity contribution in [2.24, 2.45) is 4.30 Å². The van der Waals surface area contributed by atoms with Gasteiger partial charge in [0.05, 0.1) is 0 Å². The zero-order valence-electron chi connectivity index (χ0n) is 31.0. The predicted octanol–water partition coefficient (Wildman–Crippen LogP) is 8.79. The fourth-order valence-electron chi connectivity index (χ4n) is 5.60. The van der Waals surface area contributed by atoms with Crippen molar-refractivity contribution < 1.29 is 0 Å². The van der Waals surface area contributed by atoms with Crippen LogP contribution in [0.15, 0.2) is 128 Å². The van der Waals surface area contributed by atoms with E-state index in [1.807, 2.05) is 12.1 Å². The summed E-state index contributed by atoms with van der Waals surface area (Å²) in [5, 5.41) is 0. The third kappa shape index (κ3) is 12.1. The topological polar surface area (TPSA) is 89.7 Å². The zero-order chi connectivity index (χ0) is 42.0. The molecule has 11 aromatic rings. The summed E-state index contributed by atoms with van der Waals surface area (Å²) in [6.45, 7) is 4.37. The number of nitrogens with zero attached hydrogens (tertiary/aromatic N) is 7. The number of hydrogen-bond donors (Lipinski definition) is 1. The summed E-state index contributed by atoms with van der Waals surface area (Å²) in [5.41, 5.74) is 11.7. The van der Waals surface area contributed by atoms with Crippen molar-refractivity contribution in [3.63, 3.8) is 0 Å². The Morgan fingerprint density at radius 2 is 0.850 bits per heavy atom. The van der Waals surface area contributed by atoms with Gasteiger partial charge >= 0.3 is 434 Å². The zero-order valence-corrected chi connectivity index (χ0v) is 50.4. The van der Waals surface area contributed by atoms with Gasteiger partial charge in [0.25, 0.3) is 0 Å². The predicted molar refractivity (Wildman–Crippen MR) is 272 cm³/mol. The van der Waals surface area contributed by atoms with Crippen LogP contribution in [0, 0.1) is 13.8 Å². The molecule has 3 aromatic carbocycles. The Balaban J connectivity index is 0.000000127. The second-order valence-corrected chi connectivity index (χ2v) is 30.7. The van der Waals surface area contributed by atoms with Crippen molar-refractivity contribution in [2.45, 2.75) is 13.8 Å². The minimum absolute atomic E-state index is 0.0125. The Kier molecular flexibility index (Phi) is 18.8. The molecule has 0 saturated heterocycles. The first-order valence-electron chi connectivity index (χ1n) is 17.3. The Morgan fingerprint density at radius 3 is 1.18 bits per heavy atom. The van der Waals surface area contributed by atoms with E-state index >= 15 is 0 Å². The molecule has 0 aliphatic heterocycles. The van der Waals surface area contributed by atoms with E-state index in [0.717, 1.165) is 42.0 Å². The molecule has 8 aromatic heterocycles. The van der Waals surface area contributed by atoms with Gasteiger partial charge < -0.3 is 0 Å². The molecule has 1 radical (unpaired) electrons. The molecule has 0 saturated carbocycles. The van der Waals surface area contributed by atoms with Crippen LogP contribution in [0.2, 0.25) is 0 Å². The number of thiol groups is 1. The molecule has 0 N–H and O–H groups in total. The van der Waals surface area contributed by atoms with Gasteiger partial charge in [-0.15, -0.1) is 0 Å². The van der Waals surface area contributed by atoms with Gasteiger partial charge in [0, 0.05) is 0 Å². The summed E-state index contributed by atoms with van der Waals surface area (Å²) >= 11 is 16.2. The molecule has 0 fully saturated rings. The van der Waals surface area contributed by atoms with Crippen LogP contribution in [0.1, 0.15) is 8.87 Å². The summed E-state index contributed by atoms with van der Waals surface area (Å²) in [4.78, 5) is 6.74. The van der Waals surface area contributed by atoms with E-state index in [1.165, 1.54) is 52.2 Å². The first-order chi connectivity index (χ1) is 29.2. The SMILES string of the molecule is Brc1ccc(Br)c2n[se]nc12.Cc1ccc(-c2ccc(-c3ccc(Br)[se]3)c3n[se]nc23)[se]1.Cc1ccc[se]1.[B]=NS.c1c[se]c(-c2ccc(-c3ccc[se]3)c3n[se]nc23)c1. The Hall–Kier alpha value is -0.329. The first-order valence-corrected chi connectivity index (χ1v) is 33.6. The van der Waals surface area contributed by atoms with E-state index in [9.17, 15) is 0 Å². The van der Waals surface area contributed by atoms with Gasteiger partial charge in [0.15, 0.2) is 0 Å². The second-order valence-electron chi connectivity index (χ2n) is 12.0. The van der Waals surface area contributed by atoms with Gasteiger partial charge in [-0.2, -0.15) is 0 Å². The van der Waals surface area contributed by atoms with Crippen molar-refractivity contribution in [2.75, 3.05) is 0 Å². The maximum absolute atomic E-state index is 4.71. The van der Waals surface area contributed by atoms with E-state index in [1.54, 1.807) is 0 Å². The van der Waals surface area contributed by atoms with E-state index in [0.29, 0.717) is 72.5 Å². The Labute approximate surface area is 427 Å². The molecule has 0 atom stereocenters. The van der Waals surface area contributed by atoms with Gasteiger partial charge in [-0.05, 0) is 0 Å².